The van der Waals surface area contributed by atoms with Gasteiger partial charge >= 0.3 is 0 Å². The minimum Gasteiger partial charge on any atom is -0.396 e. The number of nitrogen functional groups attached to an aromatic ring is 1. The van der Waals surface area contributed by atoms with Crippen molar-refractivity contribution < 1.29 is 17.6 Å². The van der Waals surface area contributed by atoms with Crippen LogP contribution in [0.4, 0.5) is 20.8 Å². The van der Waals surface area contributed by atoms with E-state index in [1.54, 1.807) is 6.92 Å². The SMILES string of the molecule is CCCS(=O)(=O)c1c(Nc2cc(C)ccc2C)sc(C(=O)c2ccc(F)cc2)c1N. The normalized spacial score (nSPS) is 11.5. The van der Waals surface area contributed by atoms with Gasteiger partial charge in [0, 0.05) is 11.3 Å². The van der Waals surface area contributed by atoms with E-state index in [1.807, 2.05) is 32.0 Å². The second-order valence-electron chi connectivity index (χ2n) is 7.10. The number of anilines is 3. The molecule has 0 atom stereocenters. The number of sulfone groups is 1. The number of hydrogen-bond donors (Lipinski definition) is 2. The van der Waals surface area contributed by atoms with Gasteiger partial charge in [0.2, 0.25) is 5.78 Å². The van der Waals surface area contributed by atoms with Gasteiger partial charge in [-0.15, -0.1) is 11.3 Å². The number of benzene rings is 2. The Balaban J connectivity index is 2.15. The zero-order valence-electron chi connectivity index (χ0n) is 17.0. The van der Waals surface area contributed by atoms with Crippen molar-refractivity contribution in [1.29, 1.82) is 0 Å². The number of halogens is 1. The number of nitrogens with two attached hydrogens (primary N) is 1. The third-order valence-corrected chi connectivity index (χ3v) is 7.88. The van der Waals surface area contributed by atoms with E-state index >= 15 is 0 Å². The predicted molar refractivity (Wildman–Crippen MR) is 120 cm³/mol. The van der Waals surface area contributed by atoms with Crippen molar-refractivity contribution >= 4 is 43.3 Å². The van der Waals surface area contributed by atoms with Gasteiger partial charge in [-0.3, -0.25) is 4.79 Å². The highest BCUT2D eigenvalue weighted by Crippen LogP contribution is 2.42. The maximum Gasteiger partial charge on any atom is 0.205 e. The molecular weight excluding hydrogens is 423 g/mol. The van der Waals surface area contributed by atoms with E-state index in [4.69, 9.17) is 5.73 Å². The fraction of sp³-hybridized carbons (Fsp3) is 0.227. The molecule has 1 heterocycles. The third kappa shape index (κ3) is 4.39. The summed E-state index contributed by atoms with van der Waals surface area (Å²) in [6, 6.07) is 10.9. The molecule has 30 heavy (non-hydrogen) atoms. The van der Waals surface area contributed by atoms with E-state index < -0.39 is 21.4 Å². The van der Waals surface area contributed by atoms with Crippen molar-refractivity contribution in [2.75, 3.05) is 16.8 Å². The summed E-state index contributed by atoms with van der Waals surface area (Å²) in [6.45, 7) is 5.61. The van der Waals surface area contributed by atoms with Crippen LogP contribution in [-0.2, 0) is 9.84 Å². The lowest BCUT2D eigenvalue weighted by Crippen LogP contribution is -2.10. The van der Waals surface area contributed by atoms with Crippen molar-refractivity contribution in [3.63, 3.8) is 0 Å². The van der Waals surface area contributed by atoms with E-state index in [0.717, 1.165) is 28.2 Å². The lowest BCUT2D eigenvalue weighted by atomic mass is 10.1. The molecule has 0 bridgehead atoms. The lowest BCUT2D eigenvalue weighted by Gasteiger charge is -2.11. The van der Waals surface area contributed by atoms with Gasteiger partial charge in [-0.2, -0.15) is 0 Å². The molecule has 0 aliphatic rings. The Morgan fingerprint density at radius 3 is 2.43 bits per heavy atom. The first-order valence-electron chi connectivity index (χ1n) is 9.43. The Labute approximate surface area is 179 Å². The second kappa shape index (κ2) is 8.57. The first kappa shape index (κ1) is 22.0. The minimum atomic E-state index is -3.71. The molecule has 5 nitrogen and oxygen atoms in total. The van der Waals surface area contributed by atoms with Crippen molar-refractivity contribution in [3.8, 4) is 0 Å². The molecule has 0 fully saturated rings. The smallest absolute Gasteiger partial charge is 0.205 e. The van der Waals surface area contributed by atoms with Crippen LogP contribution in [0, 0.1) is 19.7 Å². The Hall–Kier alpha value is -2.71. The predicted octanol–water partition coefficient (Wildman–Crippen LogP) is 5.24. The number of aryl methyl sites for hydroxylation is 2. The van der Waals surface area contributed by atoms with Gasteiger partial charge < -0.3 is 11.1 Å². The molecule has 1 aromatic heterocycles. The average Bonchev–Trinajstić information content (AvgIpc) is 3.01. The van der Waals surface area contributed by atoms with E-state index in [1.165, 1.54) is 24.3 Å². The summed E-state index contributed by atoms with van der Waals surface area (Å²) in [6.07, 6.45) is 0.418. The minimum absolute atomic E-state index is 0.0549. The Morgan fingerprint density at radius 2 is 1.80 bits per heavy atom. The Kier molecular flexibility index (Phi) is 6.28. The monoisotopic (exact) mass is 446 g/mol. The summed E-state index contributed by atoms with van der Waals surface area (Å²) < 4.78 is 39.1. The van der Waals surface area contributed by atoms with Gasteiger partial charge in [0.1, 0.15) is 20.6 Å². The van der Waals surface area contributed by atoms with Gasteiger partial charge in [-0.05, 0) is 61.7 Å². The maximum atomic E-state index is 13.2. The van der Waals surface area contributed by atoms with Crippen LogP contribution in [0.25, 0.3) is 0 Å². The topological polar surface area (TPSA) is 89.3 Å². The summed E-state index contributed by atoms with van der Waals surface area (Å²) in [5, 5.41) is 3.48. The van der Waals surface area contributed by atoms with E-state index in [0.29, 0.717) is 11.4 Å². The summed E-state index contributed by atoms with van der Waals surface area (Å²) in [5.41, 5.74) is 9.05. The molecule has 8 heteroatoms. The van der Waals surface area contributed by atoms with Crippen LogP contribution in [0.3, 0.4) is 0 Å². The summed E-state index contributed by atoms with van der Waals surface area (Å²) >= 11 is 0.997. The van der Waals surface area contributed by atoms with Crippen LogP contribution in [0.1, 0.15) is 39.7 Å². The molecule has 0 aliphatic heterocycles. The number of carbonyl (C=O) groups is 1. The number of ketones is 1. The molecule has 0 aliphatic carbocycles. The van der Waals surface area contributed by atoms with Gasteiger partial charge in [-0.1, -0.05) is 19.1 Å². The molecule has 0 spiro atoms. The quantitative estimate of drug-likeness (QED) is 0.484. The summed E-state index contributed by atoms with van der Waals surface area (Å²) in [7, 11) is -3.71. The molecule has 0 radical (unpaired) electrons. The lowest BCUT2D eigenvalue weighted by molar-refractivity contribution is 0.104. The van der Waals surface area contributed by atoms with Gasteiger partial charge in [0.15, 0.2) is 9.84 Å². The summed E-state index contributed by atoms with van der Waals surface area (Å²) in [4.78, 5) is 13.0. The van der Waals surface area contributed by atoms with E-state index in [9.17, 15) is 17.6 Å². The van der Waals surface area contributed by atoms with Crippen molar-refractivity contribution in [2.45, 2.75) is 32.1 Å². The van der Waals surface area contributed by atoms with Gasteiger partial charge in [-0.25, -0.2) is 12.8 Å². The molecule has 0 amide bonds. The average molecular weight is 447 g/mol. The second-order valence-corrected chi connectivity index (χ2v) is 10.2. The highest BCUT2D eigenvalue weighted by Gasteiger charge is 2.30. The standard InChI is InChI=1S/C22H23FN2O3S2/c1-4-11-30(27,28)21-18(24)20(19(26)15-7-9-16(23)10-8-15)29-22(21)25-17-12-13(2)5-6-14(17)3/h5-10,12,25H,4,11,24H2,1-3H3. The zero-order chi connectivity index (χ0) is 22.1. The maximum absolute atomic E-state index is 13.2. The van der Waals surface area contributed by atoms with Crippen molar-refractivity contribution in [3.05, 3.63) is 69.8 Å². The fourth-order valence-electron chi connectivity index (χ4n) is 3.08. The van der Waals surface area contributed by atoms with Crippen LogP contribution in [0.5, 0.6) is 0 Å². The number of nitrogens with one attached hydrogen (secondary N) is 1. The molecule has 3 N–H and O–H groups in total. The zero-order valence-corrected chi connectivity index (χ0v) is 18.6. The largest absolute Gasteiger partial charge is 0.396 e. The van der Waals surface area contributed by atoms with Crippen LogP contribution in [0.2, 0.25) is 0 Å². The van der Waals surface area contributed by atoms with Crippen LogP contribution in [0.15, 0.2) is 47.4 Å². The number of hydrogen-bond acceptors (Lipinski definition) is 6. The molecule has 2 aromatic carbocycles. The molecule has 3 aromatic rings. The first-order chi connectivity index (χ1) is 14.1. The molecule has 3 rings (SSSR count). The van der Waals surface area contributed by atoms with Crippen LogP contribution in [-0.4, -0.2) is 20.0 Å². The Morgan fingerprint density at radius 1 is 1.13 bits per heavy atom. The van der Waals surface area contributed by atoms with E-state index in [2.05, 4.69) is 5.32 Å². The number of carbonyl (C=O) groups excluding carboxylic acids is 1. The van der Waals surface area contributed by atoms with Crippen LogP contribution >= 0.6 is 11.3 Å². The molecule has 0 saturated heterocycles. The molecule has 0 unspecified atom stereocenters. The third-order valence-electron chi connectivity index (χ3n) is 4.64. The Bertz CT molecular complexity index is 1200. The summed E-state index contributed by atoms with van der Waals surface area (Å²) in [5.74, 6) is -0.992. The fourth-order valence-corrected chi connectivity index (χ4v) is 6.16. The van der Waals surface area contributed by atoms with Crippen molar-refractivity contribution in [2.24, 2.45) is 0 Å². The molecule has 0 saturated carbocycles. The van der Waals surface area contributed by atoms with Crippen LogP contribution < -0.4 is 11.1 Å². The number of rotatable bonds is 7. The molecule has 158 valence electrons. The van der Waals surface area contributed by atoms with E-state index in [-0.39, 0.29) is 26.8 Å². The van der Waals surface area contributed by atoms with Crippen molar-refractivity contribution in [1.82, 2.24) is 0 Å². The number of thiophene rings is 1. The van der Waals surface area contributed by atoms with Gasteiger partial charge in [0.25, 0.3) is 0 Å². The first-order valence-corrected chi connectivity index (χ1v) is 11.9. The highest BCUT2D eigenvalue weighted by atomic mass is 32.2. The molecular formula is C22H23FN2O3S2. The van der Waals surface area contributed by atoms with Gasteiger partial charge in [0.05, 0.1) is 11.4 Å². The highest BCUT2D eigenvalue weighted by molar-refractivity contribution is 7.92.